The van der Waals surface area contributed by atoms with Crippen molar-refractivity contribution in [2.24, 2.45) is 11.7 Å². The van der Waals surface area contributed by atoms with Crippen molar-refractivity contribution in [2.75, 3.05) is 5.75 Å². The number of hydrogen-bond donors (Lipinski definition) is 1. The van der Waals surface area contributed by atoms with Gasteiger partial charge >= 0.3 is 0 Å². The standard InChI is InChI=1S/C14H19NO2S2/c1-3-9-5-7-10(8-6-9)11-12(14(15)18)13(11)19(16,17)4-2/h5-8,11-13H,3-4H2,1-2H3,(H2,15,18)/t11-,12-,13+/m1/s1. The molecule has 0 spiro atoms. The lowest BCUT2D eigenvalue weighted by Gasteiger charge is -2.02. The number of nitrogens with two attached hydrogens (primary N) is 1. The molecule has 0 amide bonds. The summed E-state index contributed by atoms with van der Waals surface area (Å²) in [6.45, 7) is 3.76. The van der Waals surface area contributed by atoms with Gasteiger partial charge in [0.25, 0.3) is 0 Å². The van der Waals surface area contributed by atoms with Crippen molar-refractivity contribution in [1.29, 1.82) is 0 Å². The highest BCUT2D eigenvalue weighted by molar-refractivity contribution is 7.92. The van der Waals surface area contributed by atoms with Crippen molar-refractivity contribution in [3.8, 4) is 0 Å². The van der Waals surface area contributed by atoms with E-state index < -0.39 is 15.1 Å². The fourth-order valence-electron chi connectivity index (χ4n) is 2.63. The predicted octanol–water partition coefficient (Wildman–Crippen LogP) is 2.05. The van der Waals surface area contributed by atoms with Crippen LogP contribution in [0.4, 0.5) is 0 Å². The summed E-state index contributed by atoms with van der Waals surface area (Å²) in [5.74, 6) is -0.124. The Balaban J connectivity index is 2.30. The largest absolute Gasteiger partial charge is 0.393 e. The minimum absolute atomic E-state index is 0.0617. The van der Waals surface area contributed by atoms with Crippen LogP contribution >= 0.6 is 12.2 Å². The topological polar surface area (TPSA) is 60.2 Å². The van der Waals surface area contributed by atoms with E-state index in [1.165, 1.54) is 5.56 Å². The molecule has 1 aliphatic rings. The average Bonchev–Trinajstić information content (AvgIpc) is 3.15. The van der Waals surface area contributed by atoms with Crippen LogP contribution in [0.25, 0.3) is 0 Å². The maximum absolute atomic E-state index is 12.1. The second kappa shape index (κ2) is 5.21. The van der Waals surface area contributed by atoms with E-state index in [2.05, 4.69) is 6.92 Å². The maximum Gasteiger partial charge on any atom is 0.154 e. The van der Waals surface area contributed by atoms with Crippen LogP contribution in [-0.4, -0.2) is 24.4 Å². The number of sulfone groups is 1. The Kier molecular flexibility index (Phi) is 3.97. The lowest BCUT2D eigenvalue weighted by molar-refractivity contribution is 0.594. The molecule has 5 heteroatoms. The van der Waals surface area contributed by atoms with Crippen molar-refractivity contribution >= 4 is 27.0 Å². The molecule has 1 aromatic carbocycles. The molecular weight excluding hydrogens is 278 g/mol. The van der Waals surface area contributed by atoms with Gasteiger partial charge in [0.05, 0.1) is 10.2 Å². The first kappa shape index (κ1) is 14.5. The van der Waals surface area contributed by atoms with Gasteiger partial charge in [-0.05, 0) is 17.5 Å². The van der Waals surface area contributed by atoms with Crippen LogP contribution in [0.5, 0.6) is 0 Å². The first-order valence-electron chi connectivity index (χ1n) is 6.52. The third-order valence-corrected chi connectivity index (χ3v) is 6.37. The van der Waals surface area contributed by atoms with Crippen LogP contribution in [0.2, 0.25) is 0 Å². The highest BCUT2D eigenvalue weighted by Crippen LogP contribution is 2.52. The Morgan fingerprint density at radius 1 is 1.26 bits per heavy atom. The molecular formula is C14H19NO2S2. The van der Waals surface area contributed by atoms with Gasteiger partial charge in [-0.15, -0.1) is 0 Å². The number of hydrogen-bond acceptors (Lipinski definition) is 3. The molecule has 2 rings (SSSR count). The van der Waals surface area contributed by atoms with Crippen LogP contribution in [-0.2, 0) is 16.3 Å². The van der Waals surface area contributed by atoms with E-state index in [1.54, 1.807) is 6.92 Å². The molecule has 0 heterocycles. The quantitative estimate of drug-likeness (QED) is 0.845. The molecule has 0 radical (unpaired) electrons. The molecule has 0 bridgehead atoms. The van der Waals surface area contributed by atoms with Gasteiger partial charge < -0.3 is 5.73 Å². The molecule has 19 heavy (non-hydrogen) atoms. The van der Waals surface area contributed by atoms with E-state index in [9.17, 15) is 8.42 Å². The summed E-state index contributed by atoms with van der Waals surface area (Å²) >= 11 is 5.01. The molecule has 0 saturated heterocycles. The van der Waals surface area contributed by atoms with E-state index >= 15 is 0 Å². The zero-order valence-corrected chi connectivity index (χ0v) is 12.8. The molecule has 0 unspecified atom stereocenters. The van der Waals surface area contributed by atoms with Crippen LogP contribution < -0.4 is 5.73 Å². The number of thiocarbonyl (C=S) groups is 1. The monoisotopic (exact) mass is 297 g/mol. The van der Waals surface area contributed by atoms with Gasteiger partial charge in [0.15, 0.2) is 9.84 Å². The third kappa shape index (κ3) is 2.67. The second-order valence-corrected chi connectivity index (χ2v) is 7.88. The lowest BCUT2D eigenvalue weighted by Crippen LogP contribution is -2.18. The molecule has 2 N–H and O–H groups in total. The highest BCUT2D eigenvalue weighted by Gasteiger charge is 2.59. The zero-order valence-electron chi connectivity index (χ0n) is 11.2. The van der Waals surface area contributed by atoms with E-state index in [-0.39, 0.29) is 17.6 Å². The first-order valence-corrected chi connectivity index (χ1v) is 8.64. The van der Waals surface area contributed by atoms with E-state index in [0.29, 0.717) is 4.99 Å². The Labute approximate surface area is 120 Å². The Morgan fingerprint density at radius 2 is 1.84 bits per heavy atom. The summed E-state index contributed by atoms with van der Waals surface area (Å²) in [6, 6.07) is 8.08. The maximum atomic E-state index is 12.1. The van der Waals surface area contributed by atoms with Gasteiger partial charge in [0.2, 0.25) is 0 Å². The van der Waals surface area contributed by atoms with Gasteiger partial charge in [0, 0.05) is 17.6 Å². The fraction of sp³-hybridized carbons (Fsp3) is 0.500. The van der Waals surface area contributed by atoms with Crippen LogP contribution in [0.3, 0.4) is 0 Å². The number of aryl methyl sites for hydroxylation is 1. The summed E-state index contributed by atoms with van der Waals surface area (Å²) in [7, 11) is -3.10. The van der Waals surface area contributed by atoms with Gasteiger partial charge in [-0.1, -0.05) is 50.3 Å². The summed E-state index contributed by atoms with van der Waals surface area (Å²) in [4.78, 5) is 0.312. The van der Waals surface area contributed by atoms with E-state index in [4.69, 9.17) is 18.0 Å². The molecule has 1 aliphatic carbocycles. The SMILES string of the molecule is CCc1ccc([C@@H]2[C@@H](C(N)=S)[C@H]2S(=O)(=O)CC)cc1. The summed E-state index contributed by atoms with van der Waals surface area (Å²) in [6.07, 6.45) is 0.973. The molecule has 0 aliphatic heterocycles. The van der Waals surface area contributed by atoms with Crippen molar-refractivity contribution < 1.29 is 8.42 Å². The van der Waals surface area contributed by atoms with Gasteiger partial charge in [-0.3, -0.25) is 0 Å². The van der Waals surface area contributed by atoms with Gasteiger partial charge in [0.1, 0.15) is 0 Å². The molecule has 1 aromatic rings. The molecule has 1 saturated carbocycles. The first-order chi connectivity index (χ1) is 8.92. The Morgan fingerprint density at radius 3 is 2.26 bits per heavy atom. The Hall–Kier alpha value is -0.940. The number of rotatable bonds is 5. The lowest BCUT2D eigenvalue weighted by atomic mass is 10.1. The second-order valence-electron chi connectivity index (χ2n) is 4.97. The zero-order chi connectivity index (χ0) is 14.2. The summed E-state index contributed by atoms with van der Waals surface area (Å²) < 4.78 is 24.1. The minimum atomic E-state index is -3.10. The fourth-order valence-corrected chi connectivity index (χ4v) is 4.84. The van der Waals surface area contributed by atoms with Crippen LogP contribution in [0.15, 0.2) is 24.3 Å². The summed E-state index contributed by atoms with van der Waals surface area (Å²) in [5, 5.41) is -0.428. The minimum Gasteiger partial charge on any atom is -0.393 e. The van der Waals surface area contributed by atoms with Crippen molar-refractivity contribution in [3.05, 3.63) is 35.4 Å². The number of benzene rings is 1. The predicted molar refractivity (Wildman–Crippen MR) is 82.1 cm³/mol. The van der Waals surface area contributed by atoms with E-state index in [1.807, 2.05) is 24.3 Å². The molecule has 0 aromatic heterocycles. The summed E-state index contributed by atoms with van der Waals surface area (Å²) in [5.41, 5.74) is 7.96. The van der Waals surface area contributed by atoms with Crippen LogP contribution in [0, 0.1) is 5.92 Å². The molecule has 3 nitrogen and oxygen atoms in total. The normalized spacial score (nSPS) is 26.1. The molecule has 104 valence electrons. The highest BCUT2D eigenvalue weighted by atomic mass is 32.2. The van der Waals surface area contributed by atoms with E-state index in [0.717, 1.165) is 12.0 Å². The third-order valence-electron chi connectivity index (χ3n) is 3.87. The van der Waals surface area contributed by atoms with Crippen molar-refractivity contribution in [2.45, 2.75) is 31.4 Å². The molecule has 1 fully saturated rings. The Bertz CT molecular complexity index is 578. The average molecular weight is 297 g/mol. The van der Waals surface area contributed by atoms with Crippen molar-refractivity contribution in [3.63, 3.8) is 0 Å². The van der Waals surface area contributed by atoms with Crippen molar-refractivity contribution in [1.82, 2.24) is 0 Å². The smallest absolute Gasteiger partial charge is 0.154 e. The van der Waals surface area contributed by atoms with Crippen LogP contribution in [0.1, 0.15) is 30.9 Å². The van der Waals surface area contributed by atoms with Gasteiger partial charge in [-0.25, -0.2) is 8.42 Å². The molecule has 3 atom stereocenters. The van der Waals surface area contributed by atoms with Gasteiger partial charge in [-0.2, -0.15) is 0 Å².